The van der Waals surface area contributed by atoms with Crippen molar-refractivity contribution in [1.82, 2.24) is 14.5 Å². The SMILES string of the molecule is C1=Cc2c(ccc3c2c2c4ccccc4ccc2n3-c2ccc(-c3nc(-c4ccccc4)cc(-c4ccccc4)n3)c3oc4cc5ccccc5cc4c23)CC1. The van der Waals surface area contributed by atoms with Crippen molar-refractivity contribution in [3.05, 3.63) is 181 Å². The van der Waals surface area contributed by atoms with Crippen LogP contribution in [0.1, 0.15) is 17.5 Å². The van der Waals surface area contributed by atoms with E-state index < -0.39 is 0 Å². The molecule has 0 bridgehead atoms. The first-order valence-corrected chi connectivity index (χ1v) is 19.3. The number of nitrogens with zero attached hydrogens (tertiary/aromatic N) is 3. The molecule has 0 spiro atoms. The number of hydrogen-bond donors (Lipinski definition) is 0. The Morgan fingerprint density at radius 2 is 1.18 bits per heavy atom. The van der Waals surface area contributed by atoms with Gasteiger partial charge in [0.1, 0.15) is 11.2 Å². The lowest BCUT2D eigenvalue weighted by atomic mass is 9.92. The topological polar surface area (TPSA) is 43.9 Å². The van der Waals surface area contributed by atoms with Crippen LogP contribution in [0, 0.1) is 0 Å². The van der Waals surface area contributed by atoms with Crippen molar-refractivity contribution in [3.8, 4) is 39.6 Å². The van der Waals surface area contributed by atoms with E-state index in [0.29, 0.717) is 5.82 Å². The van der Waals surface area contributed by atoms with Crippen LogP contribution in [0.5, 0.6) is 0 Å². The van der Waals surface area contributed by atoms with E-state index in [9.17, 15) is 0 Å². The normalized spacial score (nSPS) is 12.8. The number of furan rings is 1. The van der Waals surface area contributed by atoms with Crippen LogP contribution in [0.3, 0.4) is 0 Å². The van der Waals surface area contributed by atoms with E-state index >= 15 is 0 Å². The first kappa shape index (κ1) is 31.1. The predicted octanol–water partition coefficient (Wildman–Crippen LogP) is 13.7. The molecule has 0 N–H and O–H groups in total. The summed E-state index contributed by atoms with van der Waals surface area (Å²) in [6, 6.07) is 58.2. The molecule has 0 saturated heterocycles. The molecule has 0 unspecified atom stereocenters. The van der Waals surface area contributed by atoms with Crippen molar-refractivity contribution in [3.63, 3.8) is 0 Å². The molecule has 3 aromatic heterocycles. The number of allylic oxidation sites excluding steroid dienone is 1. The van der Waals surface area contributed by atoms with Gasteiger partial charge in [0.25, 0.3) is 0 Å². The third kappa shape index (κ3) is 4.66. The minimum Gasteiger partial charge on any atom is -0.455 e. The van der Waals surface area contributed by atoms with Crippen LogP contribution in [0.2, 0.25) is 0 Å². The van der Waals surface area contributed by atoms with E-state index in [-0.39, 0.29) is 0 Å². The molecule has 8 aromatic carbocycles. The molecule has 0 fully saturated rings. The van der Waals surface area contributed by atoms with Crippen molar-refractivity contribution < 1.29 is 4.42 Å². The Labute approximate surface area is 322 Å². The van der Waals surface area contributed by atoms with Crippen LogP contribution >= 0.6 is 0 Å². The van der Waals surface area contributed by atoms with Crippen molar-refractivity contribution >= 4 is 71.4 Å². The second-order valence-corrected chi connectivity index (χ2v) is 14.8. The van der Waals surface area contributed by atoms with E-state index in [0.717, 1.165) is 73.9 Å². The Morgan fingerprint density at radius 3 is 1.95 bits per heavy atom. The van der Waals surface area contributed by atoms with Gasteiger partial charge in [-0.25, -0.2) is 9.97 Å². The van der Waals surface area contributed by atoms with E-state index in [1.165, 1.54) is 49.1 Å². The Kier molecular flexibility index (Phi) is 6.72. The summed E-state index contributed by atoms with van der Waals surface area (Å²) in [6.45, 7) is 0. The number of benzene rings is 8. The Hall–Kier alpha value is -7.30. The van der Waals surface area contributed by atoms with Gasteiger partial charge in [-0.2, -0.15) is 0 Å². The maximum absolute atomic E-state index is 7.06. The van der Waals surface area contributed by atoms with Crippen LogP contribution in [0.15, 0.2) is 174 Å². The zero-order chi connectivity index (χ0) is 36.7. The maximum atomic E-state index is 7.06. The molecule has 1 aliphatic carbocycles. The molecule has 262 valence electrons. The van der Waals surface area contributed by atoms with Crippen LogP contribution in [-0.4, -0.2) is 14.5 Å². The van der Waals surface area contributed by atoms with Gasteiger partial charge in [-0.15, -0.1) is 0 Å². The lowest BCUT2D eigenvalue weighted by molar-refractivity contribution is 0.670. The standard InChI is InChI=1S/C52H33N3O/c1-3-15-34(16-4-1)42-31-43(35-17-5-2-6-18-35)54-52(53-42)40-25-28-46(50-41-29-36-19-7-8-20-37(36)30-47(41)56-51(40)50)55-44-26-23-32-13-9-11-21-38(32)48(44)49-39-22-12-10-14-33(39)24-27-45(49)55/h1-9,11-13,15-31H,10,14H2. The van der Waals surface area contributed by atoms with Crippen molar-refractivity contribution in [2.75, 3.05) is 0 Å². The average Bonchev–Trinajstić information content (AvgIpc) is 3.82. The molecule has 3 heterocycles. The summed E-state index contributed by atoms with van der Waals surface area (Å²) >= 11 is 0. The number of fused-ring (bicyclic) bond motifs is 11. The fourth-order valence-electron chi connectivity index (χ4n) is 9.04. The molecule has 0 aliphatic heterocycles. The molecule has 0 saturated carbocycles. The molecular weight excluding hydrogens is 683 g/mol. The minimum absolute atomic E-state index is 0.623. The summed E-state index contributed by atoms with van der Waals surface area (Å²) in [5.74, 6) is 0.623. The summed E-state index contributed by atoms with van der Waals surface area (Å²) in [5, 5.41) is 9.48. The quantitative estimate of drug-likeness (QED) is 0.182. The van der Waals surface area contributed by atoms with Gasteiger partial charge < -0.3 is 8.98 Å². The van der Waals surface area contributed by atoms with Crippen LogP contribution in [0.25, 0.3) is 111 Å². The zero-order valence-electron chi connectivity index (χ0n) is 30.4. The fourth-order valence-corrected chi connectivity index (χ4v) is 9.04. The molecule has 11 aromatic rings. The summed E-state index contributed by atoms with van der Waals surface area (Å²) in [4.78, 5) is 10.5. The third-order valence-electron chi connectivity index (χ3n) is 11.6. The monoisotopic (exact) mass is 715 g/mol. The van der Waals surface area contributed by atoms with E-state index in [1.54, 1.807) is 0 Å². The Morgan fingerprint density at radius 1 is 0.518 bits per heavy atom. The maximum Gasteiger partial charge on any atom is 0.164 e. The highest BCUT2D eigenvalue weighted by molar-refractivity contribution is 6.25. The van der Waals surface area contributed by atoms with E-state index in [4.69, 9.17) is 14.4 Å². The Bertz CT molecular complexity index is 3350. The molecule has 4 heteroatoms. The summed E-state index contributed by atoms with van der Waals surface area (Å²) in [7, 11) is 0. The van der Waals surface area contributed by atoms with E-state index in [2.05, 4.69) is 168 Å². The fraction of sp³-hybridized carbons (Fsp3) is 0.0385. The van der Waals surface area contributed by atoms with E-state index in [1.807, 2.05) is 12.1 Å². The number of aryl methyl sites for hydroxylation is 1. The van der Waals surface area contributed by atoms with Crippen molar-refractivity contribution in [2.24, 2.45) is 0 Å². The lowest BCUT2D eigenvalue weighted by Crippen LogP contribution is -1.99. The number of hydrogen-bond acceptors (Lipinski definition) is 3. The van der Waals surface area contributed by atoms with Gasteiger partial charge >= 0.3 is 0 Å². The van der Waals surface area contributed by atoms with Gasteiger partial charge in [0.15, 0.2) is 5.82 Å². The Balaban J connectivity index is 1.22. The molecule has 0 atom stereocenters. The van der Waals surface area contributed by atoms with Gasteiger partial charge in [0.2, 0.25) is 0 Å². The van der Waals surface area contributed by atoms with Crippen molar-refractivity contribution in [1.29, 1.82) is 0 Å². The van der Waals surface area contributed by atoms with Gasteiger partial charge in [-0.1, -0.05) is 133 Å². The largest absolute Gasteiger partial charge is 0.455 e. The molecule has 4 nitrogen and oxygen atoms in total. The molecule has 56 heavy (non-hydrogen) atoms. The highest BCUT2D eigenvalue weighted by atomic mass is 16.3. The summed E-state index contributed by atoms with van der Waals surface area (Å²) in [5.41, 5.74) is 12.4. The predicted molar refractivity (Wildman–Crippen MR) is 232 cm³/mol. The third-order valence-corrected chi connectivity index (χ3v) is 11.6. The second kappa shape index (κ2) is 12.1. The van der Waals surface area contributed by atoms with Gasteiger partial charge in [-0.05, 0) is 88.0 Å². The lowest BCUT2D eigenvalue weighted by Gasteiger charge is -2.14. The van der Waals surface area contributed by atoms with Gasteiger partial charge in [0.05, 0.1) is 39.1 Å². The smallest absolute Gasteiger partial charge is 0.164 e. The average molecular weight is 716 g/mol. The molecule has 12 rings (SSSR count). The molecule has 0 amide bonds. The highest BCUT2D eigenvalue weighted by Gasteiger charge is 2.25. The number of rotatable bonds is 4. The van der Waals surface area contributed by atoms with Gasteiger partial charge in [-0.3, -0.25) is 0 Å². The molecule has 1 aliphatic rings. The zero-order valence-corrected chi connectivity index (χ0v) is 30.4. The highest BCUT2D eigenvalue weighted by Crippen LogP contribution is 2.46. The number of aromatic nitrogens is 3. The van der Waals surface area contributed by atoms with Gasteiger partial charge in [0, 0.05) is 27.3 Å². The first-order chi connectivity index (χ1) is 27.8. The second-order valence-electron chi connectivity index (χ2n) is 14.8. The van der Waals surface area contributed by atoms with Crippen LogP contribution in [0.4, 0.5) is 0 Å². The van der Waals surface area contributed by atoms with Crippen LogP contribution in [-0.2, 0) is 6.42 Å². The van der Waals surface area contributed by atoms with Crippen LogP contribution < -0.4 is 0 Å². The summed E-state index contributed by atoms with van der Waals surface area (Å²) < 4.78 is 9.52. The van der Waals surface area contributed by atoms with Crippen molar-refractivity contribution in [2.45, 2.75) is 12.8 Å². The first-order valence-electron chi connectivity index (χ1n) is 19.3. The minimum atomic E-state index is 0.623. The molecule has 0 radical (unpaired) electrons. The molecular formula is C52H33N3O. The summed E-state index contributed by atoms with van der Waals surface area (Å²) in [6.07, 6.45) is 6.77.